The number of thioether (sulfide) groups is 2. The highest BCUT2D eigenvalue weighted by atomic mass is 32.2. The summed E-state index contributed by atoms with van der Waals surface area (Å²) in [6, 6.07) is 8.64. The maximum absolute atomic E-state index is 5.65. The molecule has 0 radical (unpaired) electrons. The number of benzene rings is 1. The topological polar surface area (TPSA) is 56.7 Å². The number of rotatable bonds is 7. The Morgan fingerprint density at radius 2 is 1.80 bits per heavy atom. The van der Waals surface area contributed by atoms with Crippen LogP contribution < -0.4 is 5.73 Å². The molecule has 6 heteroatoms. The van der Waals surface area contributed by atoms with Crippen LogP contribution in [0.1, 0.15) is 18.3 Å². The second-order valence-electron chi connectivity index (χ2n) is 4.36. The minimum atomic E-state index is 0.444. The van der Waals surface area contributed by atoms with Crippen LogP contribution in [-0.4, -0.2) is 26.3 Å². The molecule has 0 spiro atoms. The first-order valence-electron chi connectivity index (χ1n) is 6.69. The van der Waals surface area contributed by atoms with Crippen LogP contribution >= 0.6 is 23.5 Å². The van der Waals surface area contributed by atoms with E-state index in [1.54, 1.807) is 11.8 Å². The summed E-state index contributed by atoms with van der Waals surface area (Å²) in [5.74, 6) is 2.94. The normalized spacial score (nSPS) is 10.9. The highest BCUT2D eigenvalue weighted by molar-refractivity contribution is 8.02. The maximum atomic E-state index is 5.65. The summed E-state index contributed by atoms with van der Waals surface area (Å²) in [6.07, 6.45) is 0. The summed E-state index contributed by atoms with van der Waals surface area (Å²) in [6.45, 7) is 5.51. The Bertz CT molecular complexity index is 537. The first kappa shape index (κ1) is 15.4. The van der Waals surface area contributed by atoms with Gasteiger partial charge in [-0.2, -0.15) is 0 Å². The average molecular weight is 308 g/mol. The molecule has 0 aliphatic carbocycles. The Hall–Kier alpha value is -0.980. The highest BCUT2D eigenvalue weighted by Crippen LogP contribution is 2.22. The number of nitrogens with two attached hydrogens (primary N) is 1. The van der Waals surface area contributed by atoms with Crippen molar-refractivity contribution >= 4 is 23.5 Å². The molecule has 0 amide bonds. The van der Waals surface area contributed by atoms with Gasteiger partial charge in [-0.3, -0.25) is 0 Å². The van der Waals surface area contributed by atoms with E-state index in [1.807, 2.05) is 11.8 Å². The Balaban J connectivity index is 1.81. The van der Waals surface area contributed by atoms with Gasteiger partial charge in [0.2, 0.25) is 0 Å². The molecule has 20 heavy (non-hydrogen) atoms. The highest BCUT2D eigenvalue weighted by Gasteiger charge is 2.09. The molecular weight excluding hydrogens is 288 g/mol. The van der Waals surface area contributed by atoms with Crippen molar-refractivity contribution in [3.8, 4) is 0 Å². The van der Waals surface area contributed by atoms with Gasteiger partial charge in [0.05, 0.1) is 6.54 Å². The molecule has 0 unspecified atom stereocenters. The van der Waals surface area contributed by atoms with Crippen LogP contribution in [0.15, 0.2) is 34.3 Å². The van der Waals surface area contributed by atoms with Crippen molar-refractivity contribution in [1.82, 2.24) is 14.8 Å². The first-order valence-corrected chi connectivity index (χ1v) is 8.66. The maximum Gasteiger partial charge on any atom is 0.191 e. The molecule has 0 bridgehead atoms. The average Bonchev–Trinajstić information content (AvgIpc) is 2.87. The van der Waals surface area contributed by atoms with E-state index >= 15 is 0 Å². The number of nitrogens with zero attached hydrogens (tertiary/aromatic N) is 3. The summed E-state index contributed by atoms with van der Waals surface area (Å²) >= 11 is 3.61. The summed E-state index contributed by atoms with van der Waals surface area (Å²) in [5.41, 5.74) is 6.95. The molecule has 0 atom stereocenters. The van der Waals surface area contributed by atoms with Crippen LogP contribution in [0.2, 0.25) is 0 Å². The Morgan fingerprint density at radius 3 is 2.45 bits per heavy atom. The van der Waals surface area contributed by atoms with Crippen LogP contribution in [-0.2, 0) is 13.1 Å². The zero-order valence-corrected chi connectivity index (χ0v) is 13.5. The smallest absolute Gasteiger partial charge is 0.191 e. The van der Waals surface area contributed by atoms with Gasteiger partial charge in [-0.05, 0) is 26.0 Å². The molecular formula is C14H20N4S2. The lowest BCUT2D eigenvalue weighted by Crippen LogP contribution is -2.08. The van der Waals surface area contributed by atoms with Gasteiger partial charge in [0.1, 0.15) is 5.82 Å². The molecule has 0 aliphatic heterocycles. The van der Waals surface area contributed by atoms with Crippen molar-refractivity contribution in [3.05, 3.63) is 35.7 Å². The Labute approximate surface area is 128 Å². The van der Waals surface area contributed by atoms with Gasteiger partial charge in [-0.15, -0.1) is 22.0 Å². The van der Waals surface area contributed by atoms with E-state index in [4.69, 9.17) is 5.73 Å². The lowest BCUT2D eigenvalue weighted by Gasteiger charge is -2.06. The van der Waals surface area contributed by atoms with Gasteiger partial charge < -0.3 is 10.3 Å². The Morgan fingerprint density at radius 1 is 1.10 bits per heavy atom. The van der Waals surface area contributed by atoms with Gasteiger partial charge in [0, 0.05) is 22.9 Å². The SMILES string of the molecule is CCn1c(CN)nnc1SCCSc1ccc(C)cc1. The van der Waals surface area contributed by atoms with Gasteiger partial charge >= 0.3 is 0 Å². The molecule has 0 fully saturated rings. The lowest BCUT2D eigenvalue weighted by molar-refractivity contribution is 0.643. The molecule has 1 aromatic carbocycles. The van der Waals surface area contributed by atoms with E-state index in [0.29, 0.717) is 6.54 Å². The van der Waals surface area contributed by atoms with E-state index < -0.39 is 0 Å². The van der Waals surface area contributed by atoms with Crippen molar-refractivity contribution in [3.63, 3.8) is 0 Å². The van der Waals surface area contributed by atoms with E-state index in [2.05, 4.69) is 52.9 Å². The van der Waals surface area contributed by atoms with E-state index in [-0.39, 0.29) is 0 Å². The van der Waals surface area contributed by atoms with Gasteiger partial charge in [0.15, 0.2) is 5.16 Å². The number of hydrogen-bond acceptors (Lipinski definition) is 5. The summed E-state index contributed by atoms with van der Waals surface area (Å²) in [5, 5.41) is 9.28. The van der Waals surface area contributed by atoms with Crippen LogP contribution in [0.25, 0.3) is 0 Å². The van der Waals surface area contributed by atoms with Crippen LogP contribution in [0.3, 0.4) is 0 Å². The minimum absolute atomic E-state index is 0.444. The van der Waals surface area contributed by atoms with E-state index in [9.17, 15) is 0 Å². The molecule has 0 saturated carbocycles. The first-order chi connectivity index (χ1) is 9.74. The molecule has 2 aromatic rings. The predicted molar refractivity (Wildman–Crippen MR) is 86.2 cm³/mol. The summed E-state index contributed by atoms with van der Waals surface area (Å²) < 4.78 is 2.08. The third kappa shape index (κ3) is 4.01. The third-order valence-corrected chi connectivity index (χ3v) is 5.14. The van der Waals surface area contributed by atoms with E-state index in [0.717, 1.165) is 29.0 Å². The molecule has 2 rings (SSSR count). The zero-order valence-electron chi connectivity index (χ0n) is 11.9. The zero-order chi connectivity index (χ0) is 14.4. The van der Waals surface area contributed by atoms with Crippen molar-refractivity contribution in [2.45, 2.75) is 37.0 Å². The van der Waals surface area contributed by atoms with Crippen molar-refractivity contribution in [1.29, 1.82) is 0 Å². The molecule has 1 heterocycles. The van der Waals surface area contributed by atoms with Crippen molar-refractivity contribution in [2.75, 3.05) is 11.5 Å². The van der Waals surface area contributed by atoms with Crippen molar-refractivity contribution in [2.24, 2.45) is 5.73 Å². The molecule has 108 valence electrons. The van der Waals surface area contributed by atoms with Crippen LogP contribution in [0.4, 0.5) is 0 Å². The monoisotopic (exact) mass is 308 g/mol. The molecule has 1 aromatic heterocycles. The lowest BCUT2D eigenvalue weighted by atomic mass is 10.2. The standard InChI is InChI=1S/C14H20N4S2/c1-3-18-13(10-15)16-17-14(18)20-9-8-19-12-6-4-11(2)5-7-12/h4-7H,3,8-10,15H2,1-2H3. The minimum Gasteiger partial charge on any atom is -0.324 e. The Kier molecular flexibility index (Phi) is 5.94. The van der Waals surface area contributed by atoms with Gasteiger partial charge in [-0.1, -0.05) is 29.5 Å². The van der Waals surface area contributed by atoms with E-state index in [1.165, 1.54) is 10.5 Å². The number of aryl methyl sites for hydroxylation is 1. The number of hydrogen-bond donors (Lipinski definition) is 1. The summed E-state index contributed by atoms with van der Waals surface area (Å²) in [4.78, 5) is 1.32. The summed E-state index contributed by atoms with van der Waals surface area (Å²) in [7, 11) is 0. The second kappa shape index (κ2) is 7.71. The molecule has 0 saturated heterocycles. The fraction of sp³-hybridized carbons (Fsp3) is 0.429. The van der Waals surface area contributed by atoms with Crippen LogP contribution in [0.5, 0.6) is 0 Å². The fourth-order valence-electron chi connectivity index (χ4n) is 1.82. The largest absolute Gasteiger partial charge is 0.324 e. The second-order valence-corrected chi connectivity index (χ2v) is 6.59. The van der Waals surface area contributed by atoms with Gasteiger partial charge in [-0.25, -0.2) is 0 Å². The molecule has 2 N–H and O–H groups in total. The molecule has 4 nitrogen and oxygen atoms in total. The van der Waals surface area contributed by atoms with Gasteiger partial charge in [0.25, 0.3) is 0 Å². The quantitative estimate of drug-likeness (QED) is 0.629. The number of aromatic nitrogens is 3. The van der Waals surface area contributed by atoms with Crippen LogP contribution in [0, 0.1) is 6.92 Å². The molecule has 0 aliphatic rings. The predicted octanol–water partition coefficient (Wildman–Crippen LogP) is 2.95. The van der Waals surface area contributed by atoms with Crippen molar-refractivity contribution < 1.29 is 0 Å². The third-order valence-electron chi connectivity index (χ3n) is 2.90. The fourth-order valence-corrected chi connectivity index (χ4v) is 3.72.